The Labute approximate surface area is 121 Å². The van der Waals surface area contributed by atoms with E-state index in [1.54, 1.807) is 0 Å². The number of nitrogens with one attached hydrogen (secondary N) is 1. The number of hydrogen-bond acceptors (Lipinski definition) is 3. The molecule has 0 fully saturated rings. The Bertz CT molecular complexity index is 518. The summed E-state index contributed by atoms with van der Waals surface area (Å²) in [4.78, 5) is 4.33. The quantitative estimate of drug-likeness (QED) is 0.853. The van der Waals surface area contributed by atoms with Crippen LogP contribution in [0.25, 0.3) is 0 Å². The van der Waals surface area contributed by atoms with Gasteiger partial charge in [0.2, 0.25) is 0 Å². The van der Waals surface area contributed by atoms with E-state index in [-0.39, 0.29) is 0 Å². The van der Waals surface area contributed by atoms with E-state index >= 15 is 0 Å². The number of hydrogen-bond donors (Lipinski definition) is 1. The molecule has 3 heteroatoms. The van der Waals surface area contributed by atoms with Gasteiger partial charge in [-0.2, -0.15) is 0 Å². The SMILES string of the molecule is CCNc1ccc(COc2ccc(C(C)C)cc2)cn1. The van der Waals surface area contributed by atoms with Crippen molar-refractivity contribution in [2.75, 3.05) is 11.9 Å². The molecule has 0 bridgehead atoms. The summed E-state index contributed by atoms with van der Waals surface area (Å²) in [6.07, 6.45) is 1.85. The van der Waals surface area contributed by atoms with Crippen LogP contribution < -0.4 is 10.1 Å². The van der Waals surface area contributed by atoms with Crippen LogP contribution in [-0.4, -0.2) is 11.5 Å². The van der Waals surface area contributed by atoms with E-state index in [0.29, 0.717) is 12.5 Å². The average molecular weight is 270 g/mol. The lowest BCUT2D eigenvalue weighted by Gasteiger charge is -2.09. The van der Waals surface area contributed by atoms with Crippen molar-refractivity contribution in [2.45, 2.75) is 33.3 Å². The summed E-state index contributed by atoms with van der Waals surface area (Å²) >= 11 is 0. The number of rotatable bonds is 6. The minimum atomic E-state index is 0.542. The van der Waals surface area contributed by atoms with Crippen LogP contribution in [0.3, 0.4) is 0 Å². The highest BCUT2D eigenvalue weighted by Crippen LogP contribution is 2.19. The summed E-state index contributed by atoms with van der Waals surface area (Å²) < 4.78 is 5.77. The minimum absolute atomic E-state index is 0.542. The Kier molecular flexibility index (Phi) is 4.99. The molecule has 0 atom stereocenters. The number of nitrogens with zero attached hydrogens (tertiary/aromatic N) is 1. The van der Waals surface area contributed by atoms with E-state index in [2.05, 4.69) is 43.2 Å². The summed E-state index contributed by atoms with van der Waals surface area (Å²) in [6.45, 7) is 7.85. The van der Waals surface area contributed by atoms with Gasteiger partial charge in [-0.25, -0.2) is 4.98 Å². The lowest BCUT2D eigenvalue weighted by molar-refractivity contribution is 0.305. The molecule has 0 aliphatic carbocycles. The zero-order valence-corrected chi connectivity index (χ0v) is 12.4. The zero-order valence-electron chi connectivity index (χ0n) is 12.4. The fraction of sp³-hybridized carbons (Fsp3) is 0.353. The Morgan fingerprint density at radius 1 is 1.10 bits per heavy atom. The van der Waals surface area contributed by atoms with Crippen molar-refractivity contribution in [3.05, 3.63) is 53.7 Å². The molecule has 106 valence electrons. The van der Waals surface area contributed by atoms with Gasteiger partial charge in [-0.1, -0.05) is 32.0 Å². The fourth-order valence-electron chi connectivity index (χ4n) is 1.91. The Morgan fingerprint density at radius 2 is 1.85 bits per heavy atom. The van der Waals surface area contributed by atoms with Crippen molar-refractivity contribution in [3.63, 3.8) is 0 Å². The second-order valence-electron chi connectivity index (χ2n) is 5.09. The van der Waals surface area contributed by atoms with Gasteiger partial charge in [-0.05, 0) is 36.6 Å². The maximum atomic E-state index is 5.77. The molecule has 3 nitrogen and oxygen atoms in total. The van der Waals surface area contributed by atoms with E-state index in [1.165, 1.54) is 5.56 Å². The molecule has 0 saturated carbocycles. The van der Waals surface area contributed by atoms with Gasteiger partial charge < -0.3 is 10.1 Å². The van der Waals surface area contributed by atoms with Crippen molar-refractivity contribution in [1.82, 2.24) is 4.98 Å². The third kappa shape index (κ3) is 3.98. The molecule has 20 heavy (non-hydrogen) atoms. The maximum absolute atomic E-state index is 5.77. The van der Waals surface area contributed by atoms with E-state index in [9.17, 15) is 0 Å². The molecule has 1 aromatic carbocycles. The standard InChI is InChI=1S/C17H22N2O/c1-4-18-17-10-5-14(11-19-17)12-20-16-8-6-15(7-9-16)13(2)3/h5-11,13H,4,12H2,1-3H3,(H,18,19). The molecule has 0 amide bonds. The molecular formula is C17H22N2O. The summed E-state index contributed by atoms with van der Waals surface area (Å²) in [5.74, 6) is 2.34. The highest BCUT2D eigenvalue weighted by atomic mass is 16.5. The van der Waals surface area contributed by atoms with Crippen molar-refractivity contribution in [2.24, 2.45) is 0 Å². The van der Waals surface area contributed by atoms with Gasteiger partial charge in [0, 0.05) is 18.3 Å². The first-order valence-corrected chi connectivity index (χ1v) is 7.10. The summed E-state index contributed by atoms with van der Waals surface area (Å²) in [5.41, 5.74) is 2.40. The van der Waals surface area contributed by atoms with Gasteiger partial charge >= 0.3 is 0 Å². The molecule has 1 heterocycles. The van der Waals surface area contributed by atoms with Crippen LogP contribution in [0.1, 0.15) is 37.8 Å². The lowest BCUT2D eigenvalue weighted by Crippen LogP contribution is -2.01. The molecule has 2 rings (SSSR count). The van der Waals surface area contributed by atoms with Crippen molar-refractivity contribution >= 4 is 5.82 Å². The molecule has 0 aliphatic heterocycles. The molecule has 0 saturated heterocycles. The third-order valence-corrected chi connectivity index (χ3v) is 3.13. The fourth-order valence-corrected chi connectivity index (χ4v) is 1.91. The molecular weight excluding hydrogens is 248 g/mol. The summed E-state index contributed by atoms with van der Waals surface area (Å²) in [6, 6.07) is 12.3. The van der Waals surface area contributed by atoms with E-state index < -0.39 is 0 Å². The predicted molar refractivity (Wildman–Crippen MR) is 83.3 cm³/mol. The van der Waals surface area contributed by atoms with Crippen molar-refractivity contribution < 1.29 is 4.74 Å². The first-order valence-electron chi connectivity index (χ1n) is 7.10. The maximum Gasteiger partial charge on any atom is 0.125 e. The third-order valence-electron chi connectivity index (χ3n) is 3.13. The Balaban J connectivity index is 1.91. The predicted octanol–water partition coefficient (Wildman–Crippen LogP) is 4.22. The first-order chi connectivity index (χ1) is 9.69. The average Bonchev–Trinajstić information content (AvgIpc) is 2.47. The molecule has 0 spiro atoms. The largest absolute Gasteiger partial charge is 0.489 e. The number of ether oxygens (including phenoxy) is 1. The van der Waals surface area contributed by atoms with E-state index in [1.807, 2.05) is 30.5 Å². The Morgan fingerprint density at radius 3 is 2.40 bits per heavy atom. The molecule has 0 radical (unpaired) electrons. The highest BCUT2D eigenvalue weighted by molar-refractivity contribution is 5.35. The molecule has 0 aliphatic rings. The number of pyridine rings is 1. The van der Waals surface area contributed by atoms with Gasteiger partial charge in [0.05, 0.1) is 0 Å². The molecule has 2 aromatic rings. The number of aromatic nitrogens is 1. The van der Waals surface area contributed by atoms with Crippen LogP contribution in [0.5, 0.6) is 5.75 Å². The van der Waals surface area contributed by atoms with Gasteiger partial charge in [0.1, 0.15) is 18.2 Å². The van der Waals surface area contributed by atoms with Gasteiger partial charge in [0.15, 0.2) is 0 Å². The van der Waals surface area contributed by atoms with Crippen molar-refractivity contribution in [1.29, 1.82) is 0 Å². The highest BCUT2D eigenvalue weighted by Gasteiger charge is 2.00. The molecule has 1 aromatic heterocycles. The number of anilines is 1. The number of benzene rings is 1. The smallest absolute Gasteiger partial charge is 0.125 e. The van der Waals surface area contributed by atoms with Crippen LogP contribution in [0.2, 0.25) is 0 Å². The van der Waals surface area contributed by atoms with Crippen LogP contribution in [-0.2, 0) is 6.61 Å². The second-order valence-corrected chi connectivity index (χ2v) is 5.09. The van der Waals surface area contributed by atoms with Gasteiger partial charge in [-0.15, -0.1) is 0 Å². The zero-order chi connectivity index (χ0) is 14.4. The molecule has 0 unspecified atom stereocenters. The Hall–Kier alpha value is -2.03. The summed E-state index contributed by atoms with van der Waals surface area (Å²) in [7, 11) is 0. The lowest BCUT2D eigenvalue weighted by atomic mass is 10.0. The second kappa shape index (κ2) is 6.94. The monoisotopic (exact) mass is 270 g/mol. The van der Waals surface area contributed by atoms with Gasteiger partial charge in [0.25, 0.3) is 0 Å². The van der Waals surface area contributed by atoms with Crippen LogP contribution in [0.4, 0.5) is 5.82 Å². The van der Waals surface area contributed by atoms with Crippen LogP contribution >= 0.6 is 0 Å². The topological polar surface area (TPSA) is 34.1 Å². The van der Waals surface area contributed by atoms with Crippen LogP contribution in [0, 0.1) is 0 Å². The van der Waals surface area contributed by atoms with Crippen LogP contribution in [0.15, 0.2) is 42.6 Å². The molecule has 1 N–H and O–H groups in total. The van der Waals surface area contributed by atoms with Crippen molar-refractivity contribution in [3.8, 4) is 5.75 Å². The normalized spacial score (nSPS) is 10.6. The summed E-state index contributed by atoms with van der Waals surface area (Å²) in [5, 5.41) is 3.17. The van der Waals surface area contributed by atoms with Gasteiger partial charge in [-0.3, -0.25) is 0 Å². The van der Waals surface area contributed by atoms with E-state index in [4.69, 9.17) is 4.74 Å². The first kappa shape index (κ1) is 14.4. The van der Waals surface area contributed by atoms with E-state index in [0.717, 1.165) is 23.7 Å². The minimum Gasteiger partial charge on any atom is -0.489 e.